The highest BCUT2D eigenvalue weighted by molar-refractivity contribution is 5.52. The van der Waals surface area contributed by atoms with Crippen LogP contribution >= 0.6 is 0 Å². The number of nitrogens with one attached hydrogen (secondary N) is 1. The minimum absolute atomic E-state index is 0.188. The van der Waals surface area contributed by atoms with E-state index >= 15 is 0 Å². The van der Waals surface area contributed by atoms with E-state index in [9.17, 15) is 5.11 Å². The molecule has 3 heteroatoms. The lowest BCUT2D eigenvalue weighted by Gasteiger charge is -2.34. The highest BCUT2D eigenvalue weighted by Gasteiger charge is 2.33. The van der Waals surface area contributed by atoms with E-state index in [0.29, 0.717) is 6.61 Å². The minimum Gasteiger partial charge on any atom is -0.508 e. The van der Waals surface area contributed by atoms with Crippen LogP contribution in [0, 0.1) is 6.92 Å². The number of aromatic hydroxyl groups is 1. The Bertz CT molecular complexity index is 900. The van der Waals surface area contributed by atoms with E-state index in [2.05, 4.69) is 60.8 Å². The lowest BCUT2D eigenvalue weighted by molar-refractivity contribution is 0.248. The van der Waals surface area contributed by atoms with E-state index in [1.54, 1.807) is 12.1 Å². The van der Waals surface area contributed by atoms with Crippen LogP contribution in [0.2, 0.25) is 0 Å². The molecule has 132 valence electrons. The summed E-state index contributed by atoms with van der Waals surface area (Å²) in [6.07, 6.45) is 0. The first kappa shape index (κ1) is 16.5. The van der Waals surface area contributed by atoms with Crippen LogP contribution in [0.1, 0.15) is 34.1 Å². The van der Waals surface area contributed by atoms with Gasteiger partial charge in [-0.2, -0.15) is 0 Å². The molecule has 26 heavy (non-hydrogen) atoms. The fourth-order valence-electron chi connectivity index (χ4n) is 3.77. The lowest BCUT2D eigenvalue weighted by atomic mass is 9.75. The first-order valence-corrected chi connectivity index (χ1v) is 8.95. The number of hydrogen-bond donors (Lipinski definition) is 2. The molecule has 0 spiro atoms. The standard InChI is InChI=1S/C23H23NO2/c1-15-3-5-16(6-4-15)21-14-26-22-13-19(25)11-12-20(22)23(21)17-7-9-18(24-2)10-8-17/h3-13,21,23-25H,14H2,1-2H3. The molecule has 1 aliphatic rings. The minimum atomic E-state index is 0.188. The first-order valence-electron chi connectivity index (χ1n) is 8.95. The molecule has 2 unspecified atom stereocenters. The molecule has 0 fully saturated rings. The van der Waals surface area contributed by atoms with Crippen molar-refractivity contribution in [2.45, 2.75) is 18.8 Å². The molecular formula is C23H23NO2. The summed E-state index contributed by atoms with van der Waals surface area (Å²) in [5.41, 5.74) is 6.00. The molecule has 2 N–H and O–H groups in total. The zero-order valence-corrected chi connectivity index (χ0v) is 15.1. The Balaban J connectivity index is 1.82. The number of aryl methyl sites for hydroxylation is 1. The number of phenols is 1. The van der Waals surface area contributed by atoms with E-state index in [1.165, 1.54) is 16.7 Å². The third kappa shape index (κ3) is 3.01. The van der Waals surface area contributed by atoms with Gasteiger partial charge in [0.1, 0.15) is 11.5 Å². The maximum atomic E-state index is 9.84. The van der Waals surface area contributed by atoms with Gasteiger partial charge in [0.2, 0.25) is 0 Å². The van der Waals surface area contributed by atoms with Crippen molar-refractivity contribution < 1.29 is 9.84 Å². The van der Waals surface area contributed by atoms with E-state index in [0.717, 1.165) is 17.0 Å². The van der Waals surface area contributed by atoms with Crippen LogP contribution < -0.4 is 10.1 Å². The molecule has 0 amide bonds. The van der Waals surface area contributed by atoms with Crippen LogP contribution in [0.5, 0.6) is 11.5 Å². The van der Waals surface area contributed by atoms with Gasteiger partial charge in [-0.25, -0.2) is 0 Å². The van der Waals surface area contributed by atoms with Crippen LogP contribution in [0.25, 0.3) is 0 Å². The second-order valence-corrected chi connectivity index (χ2v) is 6.90. The van der Waals surface area contributed by atoms with Crippen molar-refractivity contribution in [2.75, 3.05) is 19.0 Å². The largest absolute Gasteiger partial charge is 0.508 e. The number of benzene rings is 3. The van der Waals surface area contributed by atoms with Gasteiger partial charge in [0, 0.05) is 36.2 Å². The Morgan fingerprint density at radius 1 is 0.923 bits per heavy atom. The topological polar surface area (TPSA) is 41.5 Å². The number of rotatable bonds is 3. The maximum absolute atomic E-state index is 9.84. The Labute approximate surface area is 154 Å². The summed E-state index contributed by atoms with van der Waals surface area (Å²) in [6, 6.07) is 22.7. The van der Waals surface area contributed by atoms with Crippen molar-refractivity contribution in [3.8, 4) is 11.5 Å². The van der Waals surface area contributed by atoms with Crippen molar-refractivity contribution in [3.63, 3.8) is 0 Å². The molecule has 1 aliphatic heterocycles. The predicted octanol–water partition coefficient (Wildman–Crippen LogP) is 5.05. The summed E-state index contributed by atoms with van der Waals surface area (Å²) in [5.74, 6) is 1.43. The molecule has 3 nitrogen and oxygen atoms in total. The van der Waals surface area contributed by atoms with Gasteiger partial charge in [-0.1, -0.05) is 48.0 Å². The fraction of sp³-hybridized carbons (Fsp3) is 0.217. The van der Waals surface area contributed by atoms with E-state index < -0.39 is 0 Å². The van der Waals surface area contributed by atoms with Gasteiger partial charge >= 0.3 is 0 Å². The molecule has 0 bridgehead atoms. The Morgan fingerprint density at radius 2 is 1.62 bits per heavy atom. The molecule has 4 rings (SSSR count). The van der Waals surface area contributed by atoms with E-state index in [1.807, 2.05) is 13.1 Å². The van der Waals surface area contributed by atoms with Crippen molar-refractivity contribution in [2.24, 2.45) is 0 Å². The molecule has 0 aliphatic carbocycles. The van der Waals surface area contributed by atoms with E-state index in [-0.39, 0.29) is 17.6 Å². The molecule has 0 aromatic heterocycles. The molecular weight excluding hydrogens is 322 g/mol. The van der Waals surface area contributed by atoms with Gasteiger partial charge < -0.3 is 15.2 Å². The summed E-state index contributed by atoms with van der Waals surface area (Å²) in [6.45, 7) is 2.70. The van der Waals surface area contributed by atoms with E-state index in [4.69, 9.17) is 4.74 Å². The summed E-state index contributed by atoms with van der Waals surface area (Å²) >= 11 is 0. The Hall–Kier alpha value is -2.94. The SMILES string of the molecule is CNc1ccc(C2c3ccc(O)cc3OCC2c2ccc(C)cc2)cc1. The first-order chi connectivity index (χ1) is 12.7. The zero-order valence-electron chi connectivity index (χ0n) is 15.1. The predicted molar refractivity (Wildman–Crippen MR) is 105 cm³/mol. The second-order valence-electron chi connectivity index (χ2n) is 6.90. The smallest absolute Gasteiger partial charge is 0.126 e. The number of phenolic OH excluding ortho intramolecular Hbond substituents is 1. The molecule has 0 radical (unpaired) electrons. The Kier molecular flexibility index (Phi) is 4.29. The molecule has 1 heterocycles. The van der Waals surface area contributed by atoms with Crippen LogP contribution in [0.4, 0.5) is 5.69 Å². The van der Waals surface area contributed by atoms with Crippen LogP contribution in [-0.2, 0) is 0 Å². The molecule has 3 aromatic rings. The maximum Gasteiger partial charge on any atom is 0.126 e. The molecule has 2 atom stereocenters. The second kappa shape index (κ2) is 6.75. The number of ether oxygens (including phenoxy) is 1. The normalized spacial score (nSPS) is 18.7. The summed E-state index contributed by atoms with van der Waals surface area (Å²) in [5, 5.41) is 13.0. The third-order valence-corrected chi connectivity index (χ3v) is 5.22. The van der Waals surface area contributed by atoms with Crippen LogP contribution in [0.3, 0.4) is 0 Å². The number of fused-ring (bicyclic) bond motifs is 1. The summed E-state index contributed by atoms with van der Waals surface area (Å²) in [7, 11) is 1.93. The van der Waals surface area contributed by atoms with Crippen molar-refractivity contribution >= 4 is 5.69 Å². The lowest BCUT2D eigenvalue weighted by Crippen LogP contribution is -2.25. The van der Waals surface area contributed by atoms with Gasteiger partial charge in [-0.3, -0.25) is 0 Å². The zero-order chi connectivity index (χ0) is 18.1. The highest BCUT2D eigenvalue weighted by Crippen LogP contribution is 2.47. The third-order valence-electron chi connectivity index (χ3n) is 5.22. The molecule has 3 aromatic carbocycles. The quantitative estimate of drug-likeness (QED) is 0.698. The average Bonchev–Trinajstić information content (AvgIpc) is 2.68. The number of hydrogen-bond acceptors (Lipinski definition) is 3. The number of anilines is 1. The molecule has 0 saturated heterocycles. The van der Waals surface area contributed by atoms with Gasteiger partial charge in [0.15, 0.2) is 0 Å². The van der Waals surface area contributed by atoms with Gasteiger partial charge in [0.25, 0.3) is 0 Å². The fourth-order valence-corrected chi connectivity index (χ4v) is 3.77. The van der Waals surface area contributed by atoms with Crippen LogP contribution in [0.15, 0.2) is 66.7 Å². The van der Waals surface area contributed by atoms with Crippen molar-refractivity contribution in [1.82, 2.24) is 0 Å². The average molecular weight is 345 g/mol. The Morgan fingerprint density at radius 3 is 2.31 bits per heavy atom. The summed E-state index contributed by atoms with van der Waals surface area (Å²) < 4.78 is 6.03. The van der Waals surface area contributed by atoms with Crippen molar-refractivity contribution in [3.05, 3.63) is 89.0 Å². The monoisotopic (exact) mass is 345 g/mol. The van der Waals surface area contributed by atoms with Gasteiger partial charge in [-0.05, 0) is 36.2 Å². The van der Waals surface area contributed by atoms with Crippen LogP contribution in [-0.4, -0.2) is 18.8 Å². The molecule has 0 saturated carbocycles. The van der Waals surface area contributed by atoms with Gasteiger partial charge in [-0.15, -0.1) is 0 Å². The van der Waals surface area contributed by atoms with Gasteiger partial charge in [0.05, 0.1) is 6.61 Å². The van der Waals surface area contributed by atoms with Crippen molar-refractivity contribution in [1.29, 1.82) is 0 Å². The highest BCUT2D eigenvalue weighted by atomic mass is 16.5. The summed E-state index contributed by atoms with van der Waals surface area (Å²) in [4.78, 5) is 0.